The van der Waals surface area contributed by atoms with Gasteiger partial charge in [0.2, 0.25) is 0 Å². The van der Waals surface area contributed by atoms with E-state index in [9.17, 15) is 12.8 Å². The van der Waals surface area contributed by atoms with Gasteiger partial charge in [-0.2, -0.15) is 0 Å². The van der Waals surface area contributed by atoms with E-state index in [-0.39, 0.29) is 29.4 Å². The molecule has 0 bridgehead atoms. The Balaban J connectivity index is 1.64. The summed E-state index contributed by atoms with van der Waals surface area (Å²) in [4.78, 5) is 6.77. The summed E-state index contributed by atoms with van der Waals surface area (Å²) in [6.07, 6.45) is 0. The van der Waals surface area contributed by atoms with E-state index in [1.807, 2.05) is 30.9 Å². The molecule has 2 atom stereocenters. The lowest BCUT2D eigenvalue weighted by atomic mass is 10.1. The number of rotatable bonds is 3. The number of aliphatic imine (C=N–C) groups is 1. The number of thioether (sulfide) groups is 1. The van der Waals surface area contributed by atoms with Crippen molar-refractivity contribution < 1.29 is 12.8 Å². The Hall–Kier alpha value is -1.57. The van der Waals surface area contributed by atoms with Gasteiger partial charge in [-0.15, -0.1) is 0 Å². The predicted octanol–water partition coefficient (Wildman–Crippen LogP) is 4.37. The fourth-order valence-corrected chi connectivity index (χ4v) is 6.88. The Morgan fingerprint density at radius 2 is 1.96 bits per heavy atom. The molecule has 2 heterocycles. The molecule has 2 aliphatic heterocycles. The SMILES string of the molecule is Cc1ccc(N2C(SCc3ccc(F)cc3Cl)=NC3CS(=O)(=O)CC32)cc1C. The number of aryl methyl sites for hydroxylation is 2. The Morgan fingerprint density at radius 1 is 1.18 bits per heavy atom. The van der Waals surface area contributed by atoms with Gasteiger partial charge < -0.3 is 4.90 Å². The Morgan fingerprint density at radius 3 is 2.68 bits per heavy atom. The zero-order valence-corrected chi connectivity index (χ0v) is 17.9. The summed E-state index contributed by atoms with van der Waals surface area (Å²) in [6.45, 7) is 4.09. The summed E-state index contributed by atoms with van der Waals surface area (Å²) in [5.74, 6) is 0.356. The fourth-order valence-electron chi connectivity index (χ4n) is 3.59. The van der Waals surface area contributed by atoms with Gasteiger partial charge in [0.25, 0.3) is 0 Å². The molecule has 2 aliphatic rings. The lowest BCUT2D eigenvalue weighted by molar-refractivity contribution is 0.601. The first-order valence-electron chi connectivity index (χ1n) is 8.95. The van der Waals surface area contributed by atoms with Crippen LogP contribution in [0, 0.1) is 19.7 Å². The van der Waals surface area contributed by atoms with E-state index in [0.717, 1.165) is 22.0 Å². The molecule has 2 aromatic carbocycles. The summed E-state index contributed by atoms with van der Waals surface area (Å²) in [6, 6.07) is 10.1. The van der Waals surface area contributed by atoms with Crippen LogP contribution in [0.4, 0.5) is 10.1 Å². The highest BCUT2D eigenvalue weighted by atomic mass is 35.5. The summed E-state index contributed by atoms with van der Waals surface area (Å²) in [7, 11) is -3.09. The second-order valence-electron chi connectivity index (χ2n) is 7.29. The van der Waals surface area contributed by atoms with Crippen molar-refractivity contribution in [2.45, 2.75) is 31.7 Å². The summed E-state index contributed by atoms with van der Waals surface area (Å²) in [5, 5.41) is 1.17. The molecular weight excluding hydrogens is 419 g/mol. The lowest BCUT2D eigenvalue weighted by Gasteiger charge is -2.27. The van der Waals surface area contributed by atoms with Crippen molar-refractivity contribution in [1.82, 2.24) is 0 Å². The van der Waals surface area contributed by atoms with Crippen LogP contribution in [0.2, 0.25) is 5.02 Å². The second-order valence-corrected chi connectivity index (χ2v) is 10.8. The van der Waals surface area contributed by atoms with E-state index in [1.165, 1.54) is 29.5 Å². The standard InChI is InChI=1S/C20H20ClFN2O2S2/c1-12-3-6-16(7-13(12)2)24-19-11-28(25,26)10-18(19)23-20(24)27-9-14-4-5-15(22)8-17(14)21/h3-8,18-19H,9-11H2,1-2H3. The third-order valence-corrected chi connectivity index (χ3v) is 8.31. The molecule has 0 radical (unpaired) electrons. The molecule has 8 heteroatoms. The zero-order chi connectivity index (χ0) is 20.1. The molecule has 4 rings (SSSR count). The Labute approximate surface area is 173 Å². The average molecular weight is 439 g/mol. The van der Waals surface area contributed by atoms with E-state index in [1.54, 1.807) is 6.07 Å². The number of amidine groups is 1. The minimum Gasteiger partial charge on any atom is -0.315 e. The van der Waals surface area contributed by atoms with Gasteiger partial charge in [0.15, 0.2) is 15.0 Å². The molecule has 2 aromatic rings. The lowest BCUT2D eigenvalue weighted by Crippen LogP contribution is -2.39. The predicted molar refractivity (Wildman–Crippen MR) is 115 cm³/mol. The molecule has 148 valence electrons. The molecule has 0 spiro atoms. The highest BCUT2D eigenvalue weighted by Crippen LogP contribution is 2.37. The number of sulfone groups is 1. The maximum absolute atomic E-state index is 13.3. The maximum atomic E-state index is 13.3. The van der Waals surface area contributed by atoms with Crippen LogP contribution in [0.1, 0.15) is 16.7 Å². The van der Waals surface area contributed by atoms with Crippen LogP contribution in [-0.4, -0.2) is 37.2 Å². The zero-order valence-electron chi connectivity index (χ0n) is 15.5. The third kappa shape index (κ3) is 3.80. The maximum Gasteiger partial charge on any atom is 0.164 e. The molecule has 0 saturated carbocycles. The van der Waals surface area contributed by atoms with Gasteiger partial charge >= 0.3 is 0 Å². The van der Waals surface area contributed by atoms with Crippen molar-refractivity contribution in [1.29, 1.82) is 0 Å². The van der Waals surface area contributed by atoms with Crippen LogP contribution in [0.5, 0.6) is 0 Å². The van der Waals surface area contributed by atoms with Gasteiger partial charge in [-0.3, -0.25) is 4.99 Å². The van der Waals surface area contributed by atoms with Crippen LogP contribution >= 0.6 is 23.4 Å². The number of fused-ring (bicyclic) bond motifs is 1. The topological polar surface area (TPSA) is 49.7 Å². The summed E-state index contributed by atoms with van der Waals surface area (Å²) in [5.41, 5.74) is 4.10. The van der Waals surface area contributed by atoms with Gasteiger partial charge in [-0.05, 0) is 54.8 Å². The fraction of sp³-hybridized carbons (Fsp3) is 0.350. The van der Waals surface area contributed by atoms with Crippen molar-refractivity contribution in [3.05, 3.63) is 63.9 Å². The van der Waals surface area contributed by atoms with Gasteiger partial charge in [0.1, 0.15) is 5.82 Å². The number of anilines is 1. The van der Waals surface area contributed by atoms with Crippen LogP contribution in [0.3, 0.4) is 0 Å². The van der Waals surface area contributed by atoms with Crippen LogP contribution in [-0.2, 0) is 15.6 Å². The molecular formula is C20H20ClFN2O2S2. The van der Waals surface area contributed by atoms with Gasteiger partial charge in [0.05, 0.1) is 23.6 Å². The first-order chi connectivity index (χ1) is 13.2. The van der Waals surface area contributed by atoms with Crippen molar-refractivity contribution in [3.8, 4) is 0 Å². The number of hydrogen-bond acceptors (Lipinski definition) is 5. The first kappa shape index (κ1) is 19.7. The molecule has 1 fully saturated rings. The molecule has 4 nitrogen and oxygen atoms in total. The van der Waals surface area contributed by atoms with E-state index in [2.05, 4.69) is 6.07 Å². The molecule has 0 aliphatic carbocycles. The second kappa shape index (κ2) is 7.35. The molecule has 0 N–H and O–H groups in total. The minimum absolute atomic E-state index is 0.0837. The number of hydrogen-bond donors (Lipinski definition) is 0. The van der Waals surface area contributed by atoms with Gasteiger partial charge in [-0.1, -0.05) is 35.5 Å². The van der Waals surface area contributed by atoms with Crippen molar-refractivity contribution in [3.63, 3.8) is 0 Å². The molecule has 1 saturated heterocycles. The van der Waals surface area contributed by atoms with Crippen LogP contribution in [0.25, 0.3) is 0 Å². The van der Waals surface area contributed by atoms with E-state index < -0.39 is 9.84 Å². The molecule has 0 amide bonds. The van der Waals surface area contributed by atoms with E-state index in [0.29, 0.717) is 10.8 Å². The molecule has 2 unspecified atom stereocenters. The summed E-state index contributed by atoms with van der Waals surface area (Å²) < 4.78 is 37.6. The van der Waals surface area contributed by atoms with Gasteiger partial charge in [-0.25, -0.2) is 12.8 Å². The normalized spacial score (nSPS) is 23.0. The number of halogens is 2. The van der Waals surface area contributed by atoms with E-state index >= 15 is 0 Å². The first-order valence-corrected chi connectivity index (χ1v) is 12.1. The number of benzene rings is 2. The average Bonchev–Trinajstić information content (AvgIpc) is 3.08. The van der Waals surface area contributed by atoms with Crippen molar-refractivity contribution in [2.75, 3.05) is 16.4 Å². The largest absolute Gasteiger partial charge is 0.315 e. The summed E-state index contributed by atoms with van der Waals surface area (Å²) >= 11 is 7.65. The molecule has 28 heavy (non-hydrogen) atoms. The van der Waals surface area contributed by atoms with Crippen LogP contribution < -0.4 is 4.90 Å². The van der Waals surface area contributed by atoms with Crippen LogP contribution in [0.15, 0.2) is 41.4 Å². The number of nitrogens with zero attached hydrogens (tertiary/aromatic N) is 2. The van der Waals surface area contributed by atoms with E-state index in [4.69, 9.17) is 16.6 Å². The Bertz CT molecular complexity index is 1070. The third-order valence-electron chi connectivity index (χ3n) is 5.25. The molecule has 0 aromatic heterocycles. The quantitative estimate of drug-likeness (QED) is 0.713. The monoisotopic (exact) mass is 438 g/mol. The van der Waals surface area contributed by atoms with Crippen molar-refractivity contribution in [2.24, 2.45) is 4.99 Å². The smallest absolute Gasteiger partial charge is 0.164 e. The van der Waals surface area contributed by atoms with Crippen molar-refractivity contribution >= 4 is 44.1 Å². The minimum atomic E-state index is -3.09. The Kier molecular flexibility index (Phi) is 5.18. The van der Waals surface area contributed by atoms with Gasteiger partial charge in [0, 0.05) is 16.5 Å². The highest BCUT2D eigenvalue weighted by molar-refractivity contribution is 8.13. The highest BCUT2D eigenvalue weighted by Gasteiger charge is 2.47.